The molecule has 2 aliphatic heterocycles. The Morgan fingerprint density at radius 1 is 1.14 bits per heavy atom. The Morgan fingerprint density at radius 2 is 1.96 bits per heavy atom. The molecule has 0 radical (unpaired) electrons. The van der Waals surface area contributed by atoms with E-state index in [-0.39, 0.29) is 23.8 Å². The first-order valence-corrected chi connectivity index (χ1v) is 10.3. The molecule has 1 amide bonds. The highest BCUT2D eigenvalue weighted by Crippen LogP contribution is 2.36. The van der Waals surface area contributed by atoms with E-state index in [9.17, 15) is 4.79 Å². The number of methoxy groups -OCH3 is 1. The molecule has 3 heterocycles. The summed E-state index contributed by atoms with van der Waals surface area (Å²) >= 11 is 0. The smallest absolute Gasteiger partial charge is 0.228 e. The van der Waals surface area contributed by atoms with Gasteiger partial charge in [0.1, 0.15) is 5.75 Å². The van der Waals surface area contributed by atoms with Crippen molar-refractivity contribution in [2.75, 3.05) is 26.7 Å². The topological polar surface area (TPSA) is 59.4 Å². The van der Waals surface area contributed by atoms with Crippen molar-refractivity contribution in [1.82, 2.24) is 20.0 Å². The van der Waals surface area contributed by atoms with E-state index in [4.69, 9.17) is 4.74 Å². The van der Waals surface area contributed by atoms with Gasteiger partial charge in [-0.05, 0) is 36.1 Å². The fourth-order valence-electron chi connectivity index (χ4n) is 4.68. The number of aryl methyl sites for hydroxylation is 1. The molecule has 1 N–H and O–H groups in total. The monoisotopic (exact) mass is 382 g/mol. The van der Waals surface area contributed by atoms with Gasteiger partial charge in [0.15, 0.2) is 0 Å². The van der Waals surface area contributed by atoms with Gasteiger partial charge in [-0.2, -0.15) is 5.10 Å². The highest BCUT2D eigenvalue weighted by Gasteiger charge is 2.39. The first kappa shape index (κ1) is 19.0. The molecular formula is C22H30N4O2. The molecule has 1 aromatic carbocycles. The molecule has 0 spiro atoms. The molecule has 6 heteroatoms. The molecule has 0 saturated carbocycles. The van der Waals surface area contributed by atoms with E-state index in [1.807, 2.05) is 36.3 Å². The van der Waals surface area contributed by atoms with E-state index in [1.165, 1.54) is 12.0 Å². The van der Waals surface area contributed by atoms with Gasteiger partial charge in [-0.15, -0.1) is 0 Å². The summed E-state index contributed by atoms with van der Waals surface area (Å²) in [6.45, 7) is 2.42. The number of nitrogens with one attached hydrogen (secondary N) is 1. The lowest BCUT2D eigenvalue weighted by Gasteiger charge is -2.34. The molecule has 2 saturated heterocycles. The Balaban J connectivity index is 1.58. The van der Waals surface area contributed by atoms with Gasteiger partial charge < -0.3 is 15.0 Å². The van der Waals surface area contributed by atoms with Crippen molar-refractivity contribution in [2.45, 2.75) is 37.6 Å². The molecule has 2 aliphatic rings. The summed E-state index contributed by atoms with van der Waals surface area (Å²) < 4.78 is 7.13. The summed E-state index contributed by atoms with van der Waals surface area (Å²) in [4.78, 5) is 15.8. The van der Waals surface area contributed by atoms with Gasteiger partial charge in [-0.1, -0.05) is 25.0 Å². The largest absolute Gasteiger partial charge is 0.497 e. The summed E-state index contributed by atoms with van der Waals surface area (Å²) in [6.07, 6.45) is 8.40. The SMILES string of the molecule is COc1ccc(C2CCCCCN2C(=O)[C@H]2CNC[C@@H]2c2cnn(C)c2)cc1. The Kier molecular flexibility index (Phi) is 5.67. The van der Waals surface area contributed by atoms with Crippen LogP contribution in [0.2, 0.25) is 0 Å². The summed E-state index contributed by atoms with van der Waals surface area (Å²) in [7, 11) is 3.61. The summed E-state index contributed by atoms with van der Waals surface area (Å²) in [5.41, 5.74) is 2.36. The second-order valence-electron chi connectivity index (χ2n) is 7.99. The maximum absolute atomic E-state index is 13.7. The fraction of sp³-hybridized carbons (Fsp3) is 0.545. The number of rotatable bonds is 4. The summed E-state index contributed by atoms with van der Waals surface area (Å²) in [6, 6.07) is 8.37. The van der Waals surface area contributed by atoms with E-state index >= 15 is 0 Å². The molecule has 4 rings (SSSR count). The van der Waals surface area contributed by atoms with Gasteiger partial charge in [0.25, 0.3) is 0 Å². The second kappa shape index (κ2) is 8.35. The molecule has 0 aliphatic carbocycles. The Bertz CT molecular complexity index is 801. The molecule has 1 aromatic heterocycles. The van der Waals surface area contributed by atoms with Crippen LogP contribution in [-0.4, -0.2) is 47.3 Å². The van der Waals surface area contributed by atoms with E-state index in [1.54, 1.807) is 7.11 Å². The lowest BCUT2D eigenvalue weighted by Crippen LogP contribution is -2.41. The van der Waals surface area contributed by atoms with Crippen LogP contribution in [0.1, 0.15) is 48.8 Å². The van der Waals surface area contributed by atoms with E-state index in [0.29, 0.717) is 0 Å². The molecule has 2 fully saturated rings. The molecule has 1 unspecified atom stereocenters. The highest BCUT2D eigenvalue weighted by atomic mass is 16.5. The summed E-state index contributed by atoms with van der Waals surface area (Å²) in [5.74, 6) is 1.30. The third kappa shape index (κ3) is 3.78. The maximum Gasteiger partial charge on any atom is 0.228 e. The zero-order chi connectivity index (χ0) is 19.5. The molecule has 2 aromatic rings. The van der Waals surface area contributed by atoms with Crippen LogP contribution in [0.25, 0.3) is 0 Å². The van der Waals surface area contributed by atoms with E-state index in [0.717, 1.165) is 50.2 Å². The van der Waals surface area contributed by atoms with Crippen LogP contribution < -0.4 is 10.1 Å². The van der Waals surface area contributed by atoms with Crippen LogP contribution in [-0.2, 0) is 11.8 Å². The van der Waals surface area contributed by atoms with Crippen molar-refractivity contribution in [3.63, 3.8) is 0 Å². The normalized spacial score (nSPS) is 25.5. The van der Waals surface area contributed by atoms with Crippen LogP contribution in [0.4, 0.5) is 0 Å². The average Bonchev–Trinajstić information content (AvgIpc) is 3.30. The van der Waals surface area contributed by atoms with Crippen molar-refractivity contribution < 1.29 is 9.53 Å². The van der Waals surface area contributed by atoms with Crippen molar-refractivity contribution in [3.8, 4) is 5.75 Å². The zero-order valence-corrected chi connectivity index (χ0v) is 16.8. The first-order valence-electron chi connectivity index (χ1n) is 10.3. The van der Waals surface area contributed by atoms with Gasteiger partial charge in [-0.25, -0.2) is 0 Å². The average molecular weight is 383 g/mol. The first-order chi connectivity index (χ1) is 13.7. The second-order valence-corrected chi connectivity index (χ2v) is 7.99. The van der Waals surface area contributed by atoms with Crippen LogP contribution in [0.5, 0.6) is 5.75 Å². The standard InChI is InChI=1S/C22H30N4O2/c1-25-15-17(12-24-25)19-13-23-14-20(19)22(27)26-11-5-3-4-6-21(26)16-7-9-18(28-2)10-8-16/h7-10,12,15,19-21,23H,3-6,11,13-14H2,1-2H3/t19-,20+,21?/m1/s1. The van der Waals surface area contributed by atoms with Crippen molar-refractivity contribution >= 4 is 5.91 Å². The highest BCUT2D eigenvalue weighted by molar-refractivity contribution is 5.81. The Morgan fingerprint density at radius 3 is 2.68 bits per heavy atom. The number of carbonyl (C=O) groups excluding carboxylic acids is 1. The lowest BCUT2D eigenvalue weighted by atomic mass is 9.88. The predicted molar refractivity (Wildman–Crippen MR) is 108 cm³/mol. The molecule has 28 heavy (non-hydrogen) atoms. The molecule has 6 nitrogen and oxygen atoms in total. The predicted octanol–water partition coefficient (Wildman–Crippen LogP) is 2.88. The van der Waals surface area contributed by atoms with Crippen LogP contribution in [0.15, 0.2) is 36.7 Å². The Labute approximate surface area is 166 Å². The van der Waals surface area contributed by atoms with Gasteiger partial charge >= 0.3 is 0 Å². The molecule has 3 atom stereocenters. The molecule has 0 bridgehead atoms. The minimum absolute atomic E-state index is 0.0250. The minimum Gasteiger partial charge on any atom is -0.497 e. The van der Waals surface area contributed by atoms with Crippen molar-refractivity contribution in [2.24, 2.45) is 13.0 Å². The number of ether oxygens (including phenoxy) is 1. The number of likely N-dealkylation sites (tertiary alicyclic amines) is 1. The van der Waals surface area contributed by atoms with Gasteiger partial charge in [0.05, 0.1) is 25.3 Å². The van der Waals surface area contributed by atoms with Gasteiger partial charge in [0.2, 0.25) is 5.91 Å². The summed E-state index contributed by atoms with van der Waals surface area (Å²) in [5, 5.41) is 7.75. The van der Waals surface area contributed by atoms with E-state index in [2.05, 4.69) is 27.4 Å². The molecule has 150 valence electrons. The zero-order valence-electron chi connectivity index (χ0n) is 16.8. The maximum atomic E-state index is 13.7. The third-order valence-corrected chi connectivity index (χ3v) is 6.22. The lowest BCUT2D eigenvalue weighted by molar-refractivity contribution is -0.137. The fourth-order valence-corrected chi connectivity index (χ4v) is 4.68. The number of carbonyl (C=O) groups is 1. The number of hydrogen-bond donors (Lipinski definition) is 1. The number of hydrogen-bond acceptors (Lipinski definition) is 4. The van der Waals surface area contributed by atoms with Crippen molar-refractivity contribution in [3.05, 3.63) is 47.8 Å². The third-order valence-electron chi connectivity index (χ3n) is 6.22. The minimum atomic E-state index is -0.0250. The quantitative estimate of drug-likeness (QED) is 0.883. The van der Waals surface area contributed by atoms with Crippen LogP contribution >= 0.6 is 0 Å². The number of aromatic nitrogens is 2. The van der Waals surface area contributed by atoms with Crippen molar-refractivity contribution in [1.29, 1.82) is 0 Å². The Hall–Kier alpha value is -2.34. The number of benzene rings is 1. The van der Waals surface area contributed by atoms with E-state index < -0.39 is 0 Å². The number of amides is 1. The van der Waals surface area contributed by atoms with Crippen LogP contribution in [0.3, 0.4) is 0 Å². The number of nitrogens with zero attached hydrogens (tertiary/aromatic N) is 3. The molecular weight excluding hydrogens is 352 g/mol. The van der Waals surface area contributed by atoms with Crippen LogP contribution in [0, 0.1) is 5.92 Å². The van der Waals surface area contributed by atoms with Gasteiger partial charge in [0, 0.05) is 38.8 Å². The van der Waals surface area contributed by atoms with Gasteiger partial charge in [-0.3, -0.25) is 9.48 Å².